The van der Waals surface area contributed by atoms with E-state index in [1.807, 2.05) is 37.4 Å². The first-order chi connectivity index (χ1) is 10.1. The van der Waals surface area contributed by atoms with E-state index in [4.69, 9.17) is 21.1 Å². The molecule has 0 fully saturated rings. The monoisotopic (exact) mass is 369 g/mol. The molecule has 0 amide bonds. The van der Waals surface area contributed by atoms with E-state index < -0.39 is 0 Å². The molecule has 0 atom stereocenters. The third kappa shape index (κ3) is 4.37. The molecule has 0 unspecified atom stereocenters. The molecule has 0 aliphatic carbocycles. The van der Waals surface area contributed by atoms with Crippen LogP contribution in [0.4, 0.5) is 0 Å². The number of ether oxygens (including phenoxy) is 2. The van der Waals surface area contributed by atoms with Gasteiger partial charge in [-0.25, -0.2) is 0 Å². The average Bonchev–Trinajstić information content (AvgIpc) is 2.46. The summed E-state index contributed by atoms with van der Waals surface area (Å²) in [5, 5.41) is 3.74. The zero-order chi connectivity index (χ0) is 15.2. The van der Waals surface area contributed by atoms with Crippen LogP contribution >= 0.6 is 27.5 Å². The van der Waals surface area contributed by atoms with Crippen molar-refractivity contribution < 1.29 is 9.47 Å². The smallest absolute Gasteiger partial charge is 0.166 e. The molecule has 0 bridgehead atoms. The van der Waals surface area contributed by atoms with Crippen LogP contribution < -0.4 is 14.8 Å². The summed E-state index contributed by atoms with van der Waals surface area (Å²) in [5.41, 5.74) is 2.05. The van der Waals surface area contributed by atoms with E-state index in [2.05, 4.69) is 21.2 Å². The van der Waals surface area contributed by atoms with Gasteiger partial charge in [-0.2, -0.15) is 0 Å². The fourth-order valence-electron chi connectivity index (χ4n) is 2.04. The Morgan fingerprint density at radius 3 is 2.71 bits per heavy atom. The van der Waals surface area contributed by atoms with Crippen LogP contribution in [0.3, 0.4) is 0 Å². The topological polar surface area (TPSA) is 30.5 Å². The van der Waals surface area contributed by atoms with Crippen LogP contribution in [0.2, 0.25) is 5.02 Å². The van der Waals surface area contributed by atoms with Gasteiger partial charge in [0, 0.05) is 27.7 Å². The highest BCUT2D eigenvalue weighted by Gasteiger charge is 2.12. The molecule has 0 heterocycles. The average molecular weight is 371 g/mol. The van der Waals surface area contributed by atoms with E-state index in [0.29, 0.717) is 23.9 Å². The number of benzene rings is 2. The Morgan fingerprint density at radius 2 is 2.05 bits per heavy atom. The van der Waals surface area contributed by atoms with Gasteiger partial charge in [0.15, 0.2) is 11.5 Å². The van der Waals surface area contributed by atoms with Crippen LogP contribution in [0.25, 0.3) is 0 Å². The molecule has 0 saturated heterocycles. The molecule has 0 aliphatic heterocycles. The summed E-state index contributed by atoms with van der Waals surface area (Å²) in [6.07, 6.45) is 0. The van der Waals surface area contributed by atoms with Crippen molar-refractivity contribution >= 4 is 27.5 Å². The minimum Gasteiger partial charge on any atom is -0.493 e. The summed E-state index contributed by atoms with van der Waals surface area (Å²) in [5.74, 6) is 1.36. The van der Waals surface area contributed by atoms with Crippen LogP contribution in [0.1, 0.15) is 11.1 Å². The fraction of sp³-hybridized carbons (Fsp3) is 0.250. The van der Waals surface area contributed by atoms with Crippen molar-refractivity contribution in [1.82, 2.24) is 5.32 Å². The van der Waals surface area contributed by atoms with Gasteiger partial charge in [0.2, 0.25) is 0 Å². The second-order valence-electron chi connectivity index (χ2n) is 4.55. The lowest BCUT2D eigenvalue weighted by atomic mass is 10.1. The zero-order valence-electron chi connectivity index (χ0n) is 12.0. The molecule has 3 nitrogen and oxygen atoms in total. The van der Waals surface area contributed by atoms with Gasteiger partial charge >= 0.3 is 0 Å². The second kappa shape index (κ2) is 7.69. The van der Waals surface area contributed by atoms with E-state index in [1.165, 1.54) is 0 Å². The number of halogens is 2. The maximum atomic E-state index is 6.10. The first-order valence-electron chi connectivity index (χ1n) is 6.52. The molecule has 112 valence electrons. The zero-order valence-corrected chi connectivity index (χ0v) is 14.3. The first-order valence-corrected chi connectivity index (χ1v) is 7.69. The van der Waals surface area contributed by atoms with E-state index >= 15 is 0 Å². The Labute approximate surface area is 138 Å². The molecule has 0 saturated carbocycles. The van der Waals surface area contributed by atoms with Crippen LogP contribution in [-0.4, -0.2) is 14.2 Å². The molecule has 0 spiro atoms. The second-order valence-corrected chi connectivity index (χ2v) is 5.90. The quantitative estimate of drug-likeness (QED) is 0.817. The summed E-state index contributed by atoms with van der Waals surface area (Å²) in [4.78, 5) is 0. The van der Waals surface area contributed by atoms with Crippen molar-refractivity contribution in [1.29, 1.82) is 0 Å². The Kier molecular flexibility index (Phi) is 5.91. The van der Waals surface area contributed by atoms with Gasteiger partial charge in [0.05, 0.1) is 7.11 Å². The fourth-order valence-corrected chi connectivity index (χ4v) is 2.72. The van der Waals surface area contributed by atoms with Gasteiger partial charge in [-0.3, -0.25) is 0 Å². The molecular formula is C16H17BrClNO2. The van der Waals surface area contributed by atoms with Gasteiger partial charge in [-0.15, -0.1) is 0 Å². The van der Waals surface area contributed by atoms with Gasteiger partial charge in [-0.1, -0.05) is 39.7 Å². The number of hydrogen-bond acceptors (Lipinski definition) is 3. The molecule has 21 heavy (non-hydrogen) atoms. The van der Waals surface area contributed by atoms with Gasteiger partial charge in [0.1, 0.15) is 6.61 Å². The first kappa shape index (κ1) is 16.1. The lowest BCUT2D eigenvalue weighted by Gasteiger charge is -2.16. The van der Waals surface area contributed by atoms with Crippen LogP contribution in [0.15, 0.2) is 40.9 Å². The van der Waals surface area contributed by atoms with Gasteiger partial charge in [-0.05, 0) is 30.8 Å². The van der Waals surface area contributed by atoms with Crippen molar-refractivity contribution in [3.8, 4) is 11.5 Å². The van der Waals surface area contributed by atoms with Crippen molar-refractivity contribution in [2.45, 2.75) is 13.2 Å². The lowest BCUT2D eigenvalue weighted by Crippen LogP contribution is -2.08. The lowest BCUT2D eigenvalue weighted by molar-refractivity contribution is 0.281. The van der Waals surface area contributed by atoms with Crippen LogP contribution in [-0.2, 0) is 13.2 Å². The minimum absolute atomic E-state index is 0.466. The van der Waals surface area contributed by atoms with Crippen molar-refractivity contribution in [2.75, 3.05) is 14.2 Å². The van der Waals surface area contributed by atoms with E-state index in [-0.39, 0.29) is 0 Å². The van der Waals surface area contributed by atoms with Gasteiger partial charge in [0.25, 0.3) is 0 Å². The maximum Gasteiger partial charge on any atom is 0.166 e. The van der Waals surface area contributed by atoms with E-state index in [1.54, 1.807) is 13.2 Å². The number of rotatable bonds is 6. The highest BCUT2D eigenvalue weighted by Crippen LogP contribution is 2.35. The van der Waals surface area contributed by atoms with E-state index in [9.17, 15) is 0 Å². The molecular weight excluding hydrogens is 354 g/mol. The Hall–Kier alpha value is -1.23. The molecule has 5 heteroatoms. The Balaban J connectivity index is 2.25. The molecule has 0 aliphatic rings. The van der Waals surface area contributed by atoms with Crippen molar-refractivity contribution in [3.63, 3.8) is 0 Å². The maximum absolute atomic E-state index is 6.10. The summed E-state index contributed by atoms with van der Waals surface area (Å²) < 4.78 is 12.4. The summed E-state index contributed by atoms with van der Waals surface area (Å²) in [6.45, 7) is 1.12. The number of methoxy groups -OCH3 is 1. The molecule has 0 radical (unpaired) electrons. The number of hydrogen-bond donors (Lipinski definition) is 1. The van der Waals surface area contributed by atoms with Gasteiger partial charge < -0.3 is 14.8 Å². The minimum atomic E-state index is 0.466. The van der Waals surface area contributed by atoms with Crippen LogP contribution in [0, 0.1) is 0 Å². The summed E-state index contributed by atoms with van der Waals surface area (Å²) in [7, 11) is 3.49. The molecule has 2 aromatic rings. The molecule has 1 N–H and O–H groups in total. The third-order valence-electron chi connectivity index (χ3n) is 2.96. The Morgan fingerprint density at radius 1 is 1.24 bits per heavy atom. The predicted octanol–water partition coefficient (Wildman–Crippen LogP) is 4.41. The highest BCUT2D eigenvalue weighted by molar-refractivity contribution is 9.10. The SMILES string of the molecule is CNCc1cc(Cl)cc(OC)c1OCc1cccc(Br)c1. The molecule has 2 aromatic carbocycles. The summed E-state index contributed by atoms with van der Waals surface area (Å²) >= 11 is 9.56. The van der Waals surface area contributed by atoms with Crippen LogP contribution in [0.5, 0.6) is 11.5 Å². The predicted molar refractivity (Wildman–Crippen MR) is 89.2 cm³/mol. The Bertz CT molecular complexity index is 619. The normalized spacial score (nSPS) is 10.5. The van der Waals surface area contributed by atoms with Crippen molar-refractivity contribution in [2.24, 2.45) is 0 Å². The number of nitrogens with one attached hydrogen (secondary N) is 1. The third-order valence-corrected chi connectivity index (χ3v) is 3.67. The standard InChI is InChI=1S/C16H17BrClNO2/c1-19-9-12-7-14(18)8-15(20-2)16(12)21-10-11-4-3-5-13(17)6-11/h3-8,19H,9-10H2,1-2H3. The molecule has 2 rings (SSSR count). The summed E-state index contributed by atoms with van der Waals surface area (Å²) in [6, 6.07) is 11.7. The largest absolute Gasteiger partial charge is 0.493 e. The van der Waals surface area contributed by atoms with E-state index in [0.717, 1.165) is 21.3 Å². The highest BCUT2D eigenvalue weighted by atomic mass is 79.9. The molecule has 0 aromatic heterocycles. The van der Waals surface area contributed by atoms with Crippen molar-refractivity contribution in [3.05, 3.63) is 57.0 Å².